The van der Waals surface area contributed by atoms with Crippen LogP contribution in [0.15, 0.2) is 40.8 Å². The molecule has 0 atom stereocenters. The number of ketones is 1. The van der Waals surface area contributed by atoms with Crippen molar-refractivity contribution in [3.63, 3.8) is 0 Å². The van der Waals surface area contributed by atoms with E-state index in [0.717, 1.165) is 11.3 Å². The lowest BCUT2D eigenvalue weighted by atomic mass is 10.0. The molecule has 2 aromatic rings. The van der Waals surface area contributed by atoms with Crippen LogP contribution in [-0.2, 0) is 0 Å². The third kappa shape index (κ3) is 2.95. The number of hydrogen-bond donors (Lipinski definition) is 0. The molecule has 0 unspecified atom stereocenters. The highest BCUT2D eigenvalue weighted by Gasteiger charge is 2.15. The fraction of sp³-hybridized carbons (Fsp3) is 0.353. The average Bonchev–Trinajstić information content (AvgIpc) is 2.87. The van der Waals surface area contributed by atoms with E-state index in [1.807, 2.05) is 32.0 Å². The third-order valence-electron chi connectivity index (χ3n) is 3.24. The molecule has 0 amide bonds. The van der Waals surface area contributed by atoms with E-state index in [1.165, 1.54) is 5.56 Å². The van der Waals surface area contributed by atoms with Gasteiger partial charge in [-0.15, -0.1) is 0 Å². The van der Waals surface area contributed by atoms with E-state index in [-0.39, 0.29) is 11.7 Å². The van der Waals surface area contributed by atoms with Crippen LogP contribution in [0.25, 0.3) is 11.3 Å². The minimum Gasteiger partial charge on any atom is -0.453 e. The number of Topliss-reactive ketones (excluding diaryl/α,β-unsaturated/α-hetero) is 1. The maximum Gasteiger partial charge on any atom is 0.200 e. The van der Waals surface area contributed by atoms with Crippen LogP contribution in [0.5, 0.6) is 0 Å². The number of furan rings is 1. The van der Waals surface area contributed by atoms with Crippen molar-refractivity contribution < 1.29 is 9.21 Å². The molecule has 0 bridgehead atoms. The van der Waals surface area contributed by atoms with Gasteiger partial charge >= 0.3 is 0 Å². The van der Waals surface area contributed by atoms with Crippen molar-refractivity contribution in [3.05, 3.63) is 47.7 Å². The molecule has 0 saturated heterocycles. The number of carbonyl (C=O) groups is 1. The van der Waals surface area contributed by atoms with Gasteiger partial charge in [0.1, 0.15) is 5.76 Å². The summed E-state index contributed by atoms with van der Waals surface area (Å²) in [5.41, 5.74) is 2.31. The first-order valence-corrected chi connectivity index (χ1v) is 6.73. The molecule has 2 rings (SSSR count). The van der Waals surface area contributed by atoms with Gasteiger partial charge in [-0.1, -0.05) is 52.0 Å². The summed E-state index contributed by atoms with van der Waals surface area (Å²) in [5.74, 6) is 1.72. The predicted molar refractivity (Wildman–Crippen MR) is 77.4 cm³/mol. The summed E-state index contributed by atoms with van der Waals surface area (Å²) in [5, 5.41) is 0. The van der Waals surface area contributed by atoms with Gasteiger partial charge in [-0.05, 0) is 23.6 Å². The molecule has 0 aliphatic rings. The van der Waals surface area contributed by atoms with Crippen molar-refractivity contribution in [3.8, 4) is 11.3 Å². The minimum atomic E-state index is -0.0395. The summed E-state index contributed by atoms with van der Waals surface area (Å²) < 4.78 is 5.64. The fourth-order valence-corrected chi connectivity index (χ4v) is 1.94. The molecule has 0 aliphatic carbocycles. The van der Waals surface area contributed by atoms with E-state index in [9.17, 15) is 4.79 Å². The summed E-state index contributed by atoms with van der Waals surface area (Å²) >= 11 is 0. The molecule has 0 aliphatic heterocycles. The first-order chi connectivity index (χ1) is 8.99. The molecular weight excluding hydrogens is 236 g/mol. The first kappa shape index (κ1) is 13.6. The number of rotatable bonds is 4. The zero-order chi connectivity index (χ0) is 14.0. The largest absolute Gasteiger partial charge is 0.453 e. The molecule has 19 heavy (non-hydrogen) atoms. The minimum absolute atomic E-state index is 0.0395. The zero-order valence-corrected chi connectivity index (χ0v) is 11.9. The third-order valence-corrected chi connectivity index (χ3v) is 3.24. The second kappa shape index (κ2) is 5.43. The Bertz CT molecular complexity index is 559. The molecule has 0 fully saturated rings. The van der Waals surface area contributed by atoms with Gasteiger partial charge in [-0.25, -0.2) is 0 Å². The van der Waals surface area contributed by atoms with E-state index in [4.69, 9.17) is 4.42 Å². The molecule has 0 saturated carbocycles. The van der Waals surface area contributed by atoms with Crippen LogP contribution in [0.3, 0.4) is 0 Å². The Hall–Kier alpha value is -1.83. The van der Waals surface area contributed by atoms with Gasteiger partial charge in [0, 0.05) is 11.5 Å². The second-order valence-corrected chi connectivity index (χ2v) is 5.46. The Labute approximate surface area is 114 Å². The van der Waals surface area contributed by atoms with Gasteiger partial charge in [0.2, 0.25) is 5.78 Å². The van der Waals surface area contributed by atoms with Crippen molar-refractivity contribution in [1.29, 1.82) is 0 Å². The van der Waals surface area contributed by atoms with E-state index in [2.05, 4.69) is 26.0 Å². The smallest absolute Gasteiger partial charge is 0.200 e. The average molecular weight is 256 g/mol. The Kier molecular flexibility index (Phi) is 3.89. The standard InChI is InChI=1S/C17H20O2/c1-11(2)13-5-7-14(8-6-13)15-9-10-16(19-15)17(18)12(3)4/h5-12H,1-4H3. The molecule has 100 valence electrons. The van der Waals surface area contributed by atoms with Crippen LogP contribution in [0.4, 0.5) is 0 Å². The summed E-state index contributed by atoms with van der Waals surface area (Å²) in [4.78, 5) is 11.8. The Morgan fingerprint density at radius 1 is 0.947 bits per heavy atom. The molecule has 2 heteroatoms. The van der Waals surface area contributed by atoms with Gasteiger partial charge in [-0.3, -0.25) is 4.79 Å². The van der Waals surface area contributed by atoms with Crippen molar-refractivity contribution >= 4 is 5.78 Å². The lowest BCUT2D eigenvalue weighted by molar-refractivity contribution is 0.0912. The van der Waals surface area contributed by atoms with E-state index < -0.39 is 0 Å². The van der Waals surface area contributed by atoms with Crippen molar-refractivity contribution in [2.45, 2.75) is 33.6 Å². The fourth-order valence-electron chi connectivity index (χ4n) is 1.94. The van der Waals surface area contributed by atoms with E-state index >= 15 is 0 Å². The molecule has 2 nitrogen and oxygen atoms in total. The van der Waals surface area contributed by atoms with Gasteiger partial charge in [-0.2, -0.15) is 0 Å². The highest BCUT2D eigenvalue weighted by molar-refractivity contribution is 5.95. The Morgan fingerprint density at radius 3 is 2.11 bits per heavy atom. The van der Waals surface area contributed by atoms with Crippen LogP contribution < -0.4 is 0 Å². The monoisotopic (exact) mass is 256 g/mol. The molecule has 1 heterocycles. The molecule has 0 spiro atoms. The SMILES string of the molecule is CC(C)C(=O)c1ccc(-c2ccc(C(C)C)cc2)o1. The lowest BCUT2D eigenvalue weighted by Crippen LogP contribution is -2.05. The molecule has 1 aromatic heterocycles. The van der Waals surface area contributed by atoms with Crippen LogP contribution in [-0.4, -0.2) is 5.78 Å². The summed E-state index contributed by atoms with van der Waals surface area (Å²) in [6.45, 7) is 8.09. The molecule has 0 N–H and O–H groups in total. The van der Waals surface area contributed by atoms with Crippen LogP contribution in [0.1, 0.15) is 49.7 Å². The van der Waals surface area contributed by atoms with Crippen LogP contribution >= 0.6 is 0 Å². The summed E-state index contributed by atoms with van der Waals surface area (Å²) in [7, 11) is 0. The quantitative estimate of drug-likeness (QED) is 0.728. The maximum atomic E-state index is 11.8. The lowest BCUT2D eigenvalue weighted by Gasteiger charge is -2.05. The summed E-state index contributed by atoms with van der Waals surface area (Å²) in [6, 6.07) is 11.9. The topological polar surface area (TPSA) is 30.2 Å². The number of benzene rings is 1. The predicted octanol–water partition coefficient (Wildman–Crippen LogP) is 4.91. The van der Waals surface area contributed by atoms with Crippen LogP contribution in [0.2, 0.25) is 0 Å². The van der Waals surface area contributed by atoms with Gasteiger partial charge < -0.3 is 4.42 Å². The molecule has 1 aromatic carbocycles. The van der Waals surface area contributed by atoms with Crippen molar-refractivity contribution in [2.24, 2.45) is 5.92 Å². The van der Waals surface area contributed by atoms with Gasteiger partial charge in [0.15, 0.2) is 5.76 Å². The van der Waals surface area contributed by atoms with Gasteiger partial charge in [0.25, 0.3) is 0 Å². The van der Waals surface area contributed by atoms with E-state index in [1.54, 1.807) is 6.07 Å². The van der Waals surface area contributed by atoms with Crippen LogP contribution in [0, 0.1) is 5.92 Å². The molecular formula is C17H20O2. The Morgan fingerprint density at radius 2 is 1.58 bits per heavy atom. The first-order valence-electron chi connectivity index (χ1n) is 6.73. The highest BCUT2D eigenvalue weighted by atomic mass is 16.3. The Balaban J connectivity index is 2.25. The maximum absolute atomic E-state index is 11.8. The second-order valence-electron chi connectivity index (χ2n) is 5.46. The van der Waals surface area contributed by atoms with E-state index in [0.29, 0.717) is 11.7 Å². The zero-order valence-electron chi connectivity index (χ0n) is 11.9. The molecule has 0 radical (unpaired) electrons. The normalized spacial score (nSPS) is 11.3. The van der Waals surface area contributed by atoms with Gasteiger partial charge in [0.05, 0.1) is 0 Å². The number of hydrogen-bond acceptors (Lipinski definition) is 2. The summed E-state index contributed by atoms with van der Waals surface area (Å²) in [6.07, 6.45) is 0. The van der Waals surface area contributed by atoms with Crippen molar-refractivity contribution in [2.75, 3.05) is 0 Å². The van der Waals surface area contributed by atoms with Crippen molar-refractivity contribution in [1.82, 2.24) is 0 Å². The number of carbonyl (C=O) groups excluding carboxylic acids is 1. The highest BCUT2D eigenvalue weighted by Crippen LogP contribution is 2.25.